The van der Waals surface area contributed by atoms with E-state index in [2.05, 4.69) is 5.32 Å². The van der Waals surface area contributed by atoms with Crippen molar-refractivity contribution in [3.8, 4) is 0 Å². The van der Waals surface area contributed by atoms with Crippen LogP contribution in [0.3, 0.4) is 0 Å². The molecule has 4 unspecified atom stereocenters. The molecule has 3 aliphatic heterocycles. The molecular weight excluding hydrogens is 331 g/mol. The number of carboxylic acids is 1. The normalized spacial score (nSPS) is 33.8. The van der Waals surface area contributed by atoms with Crippen LogP contribution in [-0.2, 0) is 14.4 Å². The van der Waals surface area contributed by atoms with Gasteiger partial charge in [0, 0.05) is 29.0 Å². The third kappa shape index (κ3) is 2.95. The van der Waals surface area contributed by atoms with Gasteiger partial charge in [-0.05, 0) is 6.92 Å². The Balaban J connectivity index is 0.00000192. The number of carbonyl (C=O) groups excluding carboxylic acids is 3. The summed E-state index contributed by atoms with van der Waals surface area (Å²) in [5.74, 6) is -2.58. The molecule has 0 aliphatic carbocycles. The molecule has 0 bridgehead atoms. The Morgan fingerprint density at radius 1 is 1.48 bits per heavy atom. The average Bonchev–Trinajstić information content (AvgIpc) is 2.92. The first-order valence-electron chi connectivity index (χ1n) is 7.23. The van der Waals surface area contributed by atoms with E-state index >= 15 is 0 Å². The molecule has 3 heterocycles. The van der Waals surface area contributed by atoms with Crippen molar-refractivity contribution in [2.24, 2.45) is 11.8 Å². The fraction of sp³-hybridized carbons (Fsp3) is 0.643. The number of fused-ring (bicyclic) bond motifs is 1. The van der Waals surface area contributed by atoms with E-state index in [1.165, 1.54) is 23.6 Å². The van der Waals surface area contributed by atoms with E-state index < -0.39 is 18.0 Å². The predicted molar refractivity (Wildman–Crippen MR) is 76.0 cm³/mol. The van der Waals surface area contributed by atoms with Crippen LogP contribution in [0, 0.1) is 11.8 Å². The smallest absolute Gasteiger partial charge is 0.543 e. The molecule has 5 atom stereocenters. The Morgan fingerprint density at radius 3 is 2.61 bits per heavy atom. The number of nitrogens with zero attached hydrogens (tertiary/aromatic N) is 1. The molecule has 2 amide bonds. The summed E-state index contributed by atoms with van der Waals surface area (Å²) in [5, 5.41) is 23.9. The molecule has 9 heteroatoms. The number of rotatable bonds is 4. The number of aliphatic hydroxyl groups is 1. The molecule has 0 aromatic heterocycles. The van der Waals surface area contributed by atoms with Crippen LogP contribution in [-0.4, -0.2) is 51.7 Å². The van der Waals surface area contributed by atoms with Crippen LogP contribution in [0.5, 0.6) is 0 Å². The van der Waals surface area contributed by atoms with E-state index in [1.54, 1.807) is 0 Å². The van der Waals surface area contributed by atoms with E-state index in [1.807, 2.05) is 6.92 Å². The third-order valence-electron chi connectivity index (χ3n) is 4.54. The quantitative estimate of drug-likeness (QED) is 0.391. The molecule has 2 N–H and O–H groups in total. The molecule has 7 nitrogen and oxygen atoms in total. The minimum absolute atomic E-state index is 0. The number of hydrogen-bond acceptors (Lipinski definition) is 6. The summed E-state index contributed by atoms with van der Waals surface area (Å²) < 4.78 is 0. The first-order valence-corrected chi connectivity index (χ1v) is 8.11. The maximum absolute atomic E-state index is 12.1. The van der Waals surface area contributed by atoms with Gasteiger partial charge in [-0.3, -0.25) is 9.59 Å². The van der Waals surface area contributed by atoms with Crippen LogP contribution >= 0.6 is 11.8 Å². The van der Waals surface area contributed by atoms with Gasteiger partial charge in [0.15, 0.2) is 0 Å². The van der Waals surface area contributed by atoms with Gasteiger partial charge in [-0.1, -0.05) is 6.92 Å². The molecule has 3 rings (SSSR count). The van der Waals surface area contributed by atoms with Crippen molar-refractivity contribution in [2.45, 2.75) is 37.7 Å². The number of hydrogen-bond donors (Lipinski definition) is 2. The zero-order valence-corrected chi connectivity index (χ0v) is 16.1. The SMILES string of the molecule is CC(O)C1C(=O)N2C(C(=O)[O-])=C(SC3CNC(=O)C3)C(C)[C@H]12.[Na+]. The monoisotopic (exact) mass is 348 g/mol. The van der Waals surface area contributed by atoms with Crippen LogP contribution < -0.4 is 40.0 Å². The van der Waals surface area contributed by atoms with Crippen molar-refractivity contribution < 1.29 is 54.2 Å². The van der Waals surface area contributed by atoms with Crippen molar-refractivity contribution in [1.29, 1.82) is 0 Å². The van der Waals surface area contributed by atoms with Gasteiger partial charge >= 0.3 is 29.6 Å². The van der Waals surface area contributed by atoms with Gasteiger partial charge < -0.3 is 25.2 Å². The second-order valence-corrected chi connectivity index (χ2v) is 7.34. The average molecular weight is 348 g/mol. The molecule has 2 fully saturated rings. The van der Waals surface area contributed by atoms with E-state index in [9.17, 15) is 24.6 Å². The zero-order valence-electron chi connectivity index (χ0n) is 13.2. The summed E-state index contributed by atoms with van der Waals surface area (Å²) >= 11 is 1.33. The summed E-state index contributed by atoms with van der Waals surface area (Å²) in [6.07, 6.45) is -0.488. The van der Waals surface area contributed by atoms with Crippen LogP contribution in [0.15, 0.2) is 10.6 Å². The van der Waals surface area contributed by atoms with Crippen molar-refractivity contribution in [1.82, 2.24) is 10.2 Å². The summed E-state index contributed by atoms with van der Waals surface area (Å²) in [4.78, 5) is 36.7. The Hall–Kier alpha value is -0.540. The number of β-lactam (4-membered cyclic amide) rings is 1. The number of carboxylic acid groups (broad SMARTS) is 1. The second kappa shape index (κ2) is 6.76. The van der Waals surface area contributed by atoms with Gasteiger partial charge in [-0.25, -0.2) is 0 Å². The number of nitrogens with one attached hydrogen (secondary N) is 1. The number of thioether (sulfide) groups is 1. The predicted octanol–water partition coefficient (Wildman–Crippen LogP) is -4.57. The van der Waals surface area contributed by atoms with Gasteiger partial charge in [-0.2, -0.15) is 0 Å². The topological polar surface area (TPSA) is 110 Å². The summed E-state index contributed by atoms with van der Waals surface area (Å²) in [6, 6.07) is -0.340. The first-order chi connectivity index (χ1) is 10.3. The van der Waals surface area contributed by atoms with Crippen molar-refractivity contribution in [3.63, 3.8) is 0 Å². The molecular formula is C14H17N2NaO5S. The van der Waals surface area contributed by atoms with Crippen molar-refractivity contribution in [2.75, 3.05) is 6.54 Å². The first kappa shape index (κ1) is 18.8. The summed E-state index contributed by atoms with van der Waals surface area (Å²) in [5.41, 5.74) is -0.0938. The number of carbonyl (C=O) groups is 3. The van der Waals surface area contributed by atoms with Crippen LogP contribution in [0.25, 0.3) is 0 Å². The second-order valence-electron chi connectivity index (χ2n) is 6.00. The maximum atomic E-state index is 12.1. The molecule has 0 aromatic carbocycles. The molecule has 0 radical (unpaired) electrons. The zero-order chi connectivity index (χ0) is 16.2. The summed E-state index contributed by atoms with van der Waals surface area (Å²) in [6.45, 7) is 3.87. The standard InChI is InChI=1S/C14H18N2O5S.Na/c1-5-10-9(6(2)17)13(19)16(10)11(14(20)21)12(5)22-7-3-8(18)15-4-7;/h5-7,9-10,17H,3-4H2,1-2H3,(H,15,18)(H,20,21);/q;+1/p-1/t5?,6?,7?,9?,10-;/m1./s1. The fourth-order valence-electron chi connectivity index (χ4n) is 3.51. The van der Waals surface area contributed by atoms with E-state index in [0.717, 1.165) is 0 Å². The molecule has 0 saturated carbocycles. The molecule has 2 saturated heterocycles. The maximum Gasteiger partial charge on any atom is 1.00 e. The fourth-order valence-corrected chi connectivity index (χ4v) is 4.92. The summed E-state index contributed by atoms with van der Waals surface area (Å²) in [7, 11) is 0. The van der Waals surface area contributed by atoms with E-state index in [0.29, 0.717) is 17.9 Å². The van der Waals surface area contributed by atoms with Gasteiger partial charge in [0.25, 0.3) is 0 Å². The van der Waals surface area contributed by atoms with Gasteiger partial charge in [-0.15, -0.1) is 11.8 Å². The number of amides is 2. The number of aliphatic carboxylic acids is 1. The van der Waals surface area contributed by atoms with Crippen LogP contribution in [0.2, 0.25) is 0 Å². The Morgan fingerprint density at radius 2 is 2.13 bits per heavy atom. The Bertz CT molecular complexity index is 594. The van der Waals surface area contributed by atoms with Crippen molar-refractivity contribution >= 4 is 29.5 Å². The molecule has 23 heavy (non-hydrogen) atoms. The van der Waals surface area contributed by atoms with Gasteiger partial charge in [0.2, 0.25) is 11.8 Å². The van der Waals surface area contributed by atoms with Crippen LogP contribution in [0.4, 0.5) is 0 Å². The molecule has 0 spiro atoms. The minimum Gasteiger partial charge on any atom is -0.543 e. The Labute approximate surface area is 160 Å². The van der Waals surface area contributed by atoms with E-state index in [4.69, 9.17) is 0 Å². The van der Waals surface area contributed by atoms with Crippen molar-refractivity contribution in [3.05, 3.63) is 10.6 Å². The third-order valence-corrected chi connectivity index (χ3v) is 6.02. The molecule has 0 aromatic rings. The van der Waals surface area contributed by atoms with E-state index in [-0.39, 0.29) is 64.3 Å². The Kier molecular flexibility index (Phi) is 5.52. The van der Waals surface area contributed by atoms with Crippen LogP contribution in [0.1, 0.15) is 20.3 Å². The van der Waals surface area contributed by atoms with Gasteiger partial charge in [0.1, 0.15) is 0 Å². The number of aliphatic hydroxyl groups excluding tert-OH is 1. The molecule has 3 aliphatic rings. The largest absolute Gasteiger partial charge is 1.00 e. The minimum atomic E-state index is -1.38. The molecule has 120 valence electrons. The van der Waals surface area contributed by atoms with Gasteiger partial charge in [0.05, 0.1) is 29.7 Å².